The summed E-state index contributed by atoms with van der Waals surface area (Å²) in [6.45, 7) is 1.44. The van der Waals surface area contributed by atoms with Crippen LogP contribution in [-0.2, 0) is 4.74 Å². The lowest BCUT2D eigenvalue weighted by molar-refractivity contribution is -0.0150. The molecule has 3 aromatic carbocycles. The highest BCUT2D eigenvalue weighted by atomic mass is 35.5. The zero-order valence-corrected chi connectivity index (χ0v) is 21.9. The molecule has 5 atom stereocenters. The number of hydrogen-bond donors (Lipinski definition) is 0. The Morgan fingerprint density at radius 1 is 0.944 bits per heavy atom. The zero-order valence-electron chi connectivity index (χ0n) is 19.7. The van der Waals surface area contributed by atoms with Crippen LogP contribution in [0.4, 0.5) is 0 Å². The third-order valence-electron chi connectivity index (χ3n) is 8.06. The first-order valence-corrected chi connectivity index (χ1v) is 13.5. The van der Waals surface area contributed by atoms with Crippen LogP contribution >= 0.6 is 34.8 Å². The molecule has 3 aromatic rings. The molecular weight excluding hydrogens is 513 g/mol. The van der Waals surface area contributed by atoms with Crippen LogP contribution in [0.15, 0.2) is 72.3 Å². The van der Waals surface area contributed by atoms with Crippen molar-refractivity contribution in [3.8, 4) is 11.1 Å². The van der Waals surface area contributed by atoms with Gasteiger partial charge in [-0.3, -0.25) is 4.90 Å². The smallest absolute Gasteiger partial charge is 0.338 e. The minimum atomic E-state index is -0.239. The van der Waals surface area contributed by atoms with E-state index in [-0.39, 0.29) is 5.97 Å². The molecule has 4 aliphatic heterocycles. The summed E-state index contributed by atoms with van der Waals surface area (Å²) < 4.78 is 5.84. The second-order valence-electron chi connectivity index (χ2n) is 10.0. The van der Waals surface area contributed by atoms with Gasteiger partial charge in [0.25, 0.3) is 0 Å². The molecule has 4 bridgehead atoms. The van der Waals surface area contributed by atoms with Crippen molar-refractivity contribution in [1.82, 2.24) is 4.90 Å². The molecule has 4 aliphatic rings. The normalized spacial score (nSPS) is 27.4. The third-order valence-corrected chi connectivity index (χ3v) is 9.11. The molecular formula is C30H26Cl3NO2. The van der Waals surface area contributed by atoms with Gasteiger partial charge in [-0.05, 0) is 66.6 Å². The van der Waals surface area contributed by atoms with E-state index >= 15 is 0 Å². The van der Waals surface area contributed by atoms with Crippen LogP contribution in [0, 0.1) is 11.8 Å². The van der Waals surface area contributed by atoms with Gasteiger partial charge in [0.15, 0.2) is 0 Å². The molecule has 7 rings (SSSR count). The number of benzene rings is 3. The molecule has 0 amide bonds. The maximum atomic E-state index is 12.6. The average molecular weight is 539 g/mol. The number of fused-ring (bicyclic) bond motifs is 1. The first kappa shape index (κ1) is 24.1. The van der Waals surface area contributed by atoms with Crippen molar-refractivity contribution in [2.24, 2.45) is 11.8 Å². The predicted molar refractivity (Wildman–Crippen MR) is 147 cm³/mol. The highest BCUT2D eigenvalue weighted by molar-refractivity contribution is 6.42. The predicted octanol–water partition coefficient (Wildman–Crippen LogP) is 8.04. The van der Waals surface area contributed by atoms with E-state index < -0.39 is 0 Å². The van der Waals surface area contributed by atoms with E-state index in [0.29, 0.717) is 51.2 Å². The number of rotatable bonds is 5. The monoisotopic (exact) mass is 537 g/mol. The summed E-state index contributed by atoms with van der Waals surface area (Å²) in [6, 6.07) is 22.1. The summed E-state index contributed by atoms with van der Waals surface area (Å²) in [4.78, 5) is 15.3. The second-order valence-corrected chi connectivity index (χ2v) is 11.3. The number of halogens is 3. The molecule has 1 unspecified atom stereocenters. The van der Waals surface area contributed by atoms with Crippen molar-refractivity contribution in [2.75, 3.05) is 13.2 Å². The number of carbonyl (C=O) groups is 1. The molecule has 0 saturated carbocycles. The maximum absolute atomic E-state index is 12.6. The Labute approximate surface area is 226 Å². The Hall–Kier alpha value is -2.30. The summed E-state index contributed by atoms with van der Waals surface area (Å²) in [6.07, 6.45) is 5.84. The number of carbonyl (C=O) groups excluding carboxylic acids is 1. The van der Waals surface area contributed by atoms with Gasteiger partial charge >= 0.3 is 5.97 Å². The van der Waals surface area contributed by atoms with Crippen molar-refractivity contribution in [3.05, 3.63) is 98.5 Å². The Kier molecular flexibility index (Phi) is 6.60. The summed E-state index contributed by atoms with van der Waals surface area (Å²) in [5.41, 5.74) is 4.96. The molecule has 4 fully saturated rings. The van der Waals surface area contributed by atoms with Crippen LogP contribution in [-0.4, -0.2) is 36.1 Å². The van der Waals surface area contributed by atoms with Gasteiger partial charge in [0.05, 0.1) is 22.2 Å². The highest BCUT2D eigenvalue weighted by Crippen LogP contribution is 2.50. The van der Waals surface area contributed by atoms with E-state index in [1.807, 2.05) is 42.5 Å². The molecule has 0 spiro atoms. The van der Waals surface area contributed by atoms with Crippen molar-refractivity contribution in [3.63, 3.8) is 0 Å². The van der Waals surface area contributed by atoms with E-state index in [4.69, 9.17) is 39.5 Å². The van der Waals surface area contributed by atoms with Crippen LogP contribution in [0.1, 0.15) is 35.2 Å². The van der Waals surface area contributed by atoms with Gasteiger partial charge in [0.2, 0.25) is 0 Å². The van der Waals surface area contributed by atoms with Crippen LogP contribution < -0.4 is 0 Å². The van der Waals surface area contributed by atoms with Crippen molar-refractivity contribution in [1.29, 1.82) is 0 Å². The lowest BCUT2D eigenvalue weighted by Crippen LogP contribution is -2.57. The summed E-state index contributed by atoms with van der Waals surface area (Å²) in [5, 5.41) is 1.72. The maximum Gasteiger partial charge on any atom is 0.338 e. The third kappa shape index (κ3) is 4.48. The van der Waals surface area contributed by atoms with Gasteiger partial charge in [-0.2, -0.15) is 0 Å². The van der Waals surface area contributed by atoms with Crippen LogP contribution in [0.5, 0.6) is 0 Å². The molecule has 0 aromatic heterocycles. The first-order chi connectivity index (χ1) is 17.5. The van der Waals surface area contributed by atoms with Gasteiger partial charge in [0, 0.05) is 35.1 Å². The Bertz CT molecular complexity index is 1340. The minimum absolute atomic E-state index is 0.239. The lowest BCUT2D eigenvalue weighted by atomic mass is 9.71. The highest BCUT2D eigenvalue weighted by Gasteiger charge is 2.52. The van der Waals surface area contributed by atoms with Crippen molar-refractivity contribution in [2.45, 2.75) is 31.3 Å². The lowest BCUT2D eigenvalue weighted by Gasteiger charge is -2.51. The Morgan fingerprint density at radius 2 is 1.78 bits per heavy atom. The van der Waals surface area contributed by atoms with E-state index in [1.165, 1.54) is 18.4 Å². The zero-order chi connectivity index (χ0) is 24.8. The topological polar surface area (TPSA) is 29.5 Å². The fourth-order valence-corrected chi connectivity index (χ4v) is 6.95. The molecule has 184 valence electrons. The largest absolute Gasteiger partial charge is 0.462 e. The molecule has 0 N–H and O–H groups in total. The molecule has 0 aliphatic carbocycles. The molecule has 0 radical (unpaired) electrons. The van der Waals surface area contributed by atoms with Gasteiger partial charge in [0.1, 0.15) is 0 Å². The summed E-state index contributed by atoms with van der Waals surface area (Å²) >= 11 is 19.0. The van der Waals surface area contributed by atoms with E-state index in [9.17, 15) is 4.79 Å². The van der Waals surface area contributed by atoms with Crippen LogP contribution in [0.3, 0.4) is 0 Å². The van der Waals surface area contributed by atoms with E-state index in [1.54, 1.807) is 18.2 Å². The number of esters is 1. The first-order valence-electron chi connectivity index (χ1n) is 12.4. The summed E-state index contributed by atoms with van der Waals surface area (Å²) in [5.74, 6) is 0.503. The fourth-order valence-electron chi connectivity index (χ4n) is 6.36. The number of piperidine rings is 3. The number of nitrogens with zero attached hydrogens (tertiary/aromatic N) is 1. The van der Waals surface area contributed by atoms with Crippen molar-refractivity contribution >= 4 is 46.8 Å². The molecule has 6 heteroatoms. The van der Waals surface area contributed by atoms with Crippen LogP contribution in [0.2, 0.25) is 15.1 Å². The van der Waals surface area contributed by atoms with Gasteiger partial charge in [-0.25, -0.2) is 4.79 Å². The summed E-state index contributed by atoms with van der Waals surface area (Å²) in [7, 11) is 0. The average Bonchev–Trinajstić information content (AvgIpc) is 3.21. The molecule has 4 heterocycles. The quantitative estimate of drug-likeness (QED) is 0.308. The molecule has 4 saturated heterocycles. The second kappa shape index (κ2) is 9.87. The number of ether oxygens (including phenoxy) is 1. The fraction of sp³-hybridized carbons (Fsp3) is 0.300. The van der Waals surface area contributed by atoms with Gasteiger partial charge in [-0.15, -0.1) is 0 Å². The van der Waals surface area contributed by atoms with E-state index in [0.717, 1.165) is 29.7 Å². The molecule has 36 heavy (non-hydrogen) atoms. The van der Waals surface area contributed by atoms with Crippen LogP contribution in [0.25, 0.3) is 17.2 Å². The number of hydrogen-bond acceptors (Lipinski definition) is 3. The standard InChI is InChI=1S/C30H26Cl3NO2/c31-26-10-7-20(14-28(26)33)23-9-6-18(13-27(23)32)12-21-16-34-22-8-11-29(34)25(24(21)15-22)17-36-30(35)19-4-2-1-3-5-19/h1-7,9-10,12-14,22,24-25,29H,8,11,15-17H2/b21-12+/t22-,24+,25-,29+/m0/s1. The van der Waals surface area contributed by atoms with Gasteiger partial charge < -0.3 is 4.74 Å². The SMILES string of the molecule is O=C(OC[C@H]1[C@@H]2C[C@@H]3CC[C@H]1N3C/C2=C\c1ccc(-c2ccc(Cl)c(Cl)c2)c(Cl)c1)c1ccccc1. The Morgan fingerprint density at radius 3 is 2.56 bits per heavy atom. The Balaban J connectivity index is 1.23. The molecule has 3 nitrogen and oxygen atoms in total. The van der Waals surface area contributed by atoms with Gasteiger partial charge in [-0.1, -0.05) is 82.9 Å². The van der Waals surface area contributed by atoms with E-state index in [2.05, 4.69) is 17.0 Å². The minimum Gasteiger partial charge on any atom is -0.462 e. The van der Waals surface area contributed by atoms with Crippen molar-refractivity contribution < 1.29 is 9.53 Å².